The van der Waals surface area contributed by atoms with Gasteiger partial charge in [0.05, 0.1) is 5.75 Å². The minimum atomic E-state index is -3.07. The average molecular weight is 332 g/mol. The Labute approximate surface area is 134 Å². The maximum atomic E-state index is 11.7. The minimum Gasteiger partial charge on any atom is -0.462 e. The molecule has 0 aromatic heterocycles. The smallest absolute Gasteiger partial charge is 0.293 e. The van der Waals surface area contributed by atoms with Gasteiger partial charge in [-0.1, -0.05) is 6.08 Å². The summed E-state index contributed by atoms with van der Waals surface area (Å²) < 4.78 is 29.6. The lowest BCUT2D eigenvalue weighted by molar-refractivity contribution is -0.138. The van der Waals surface area contributed by atoms with Crippen LogP contribution < -0.4 is 0 Å². The van der Waals surface area contributed by atoms with Crippen LogP contribution in [0.15, 0.2) is 12.7 Å². The molecule has 0 N–H and O–H groups in total. The Balaban J connectivity index is 0.000000295. The van der Waals surface area contributed by atoms with E-state index in [0.717, 1.165) is 19.1 Å². The van der Waals surface area contributed by atoms with Crippen LogP contribution in [0.1, 0.15) is 33.6 Å². The first-order valence-electron chi connectivity index (χ1n) is 7.64. The number of carbonyl (C=O) groups excluding carboxylic acids is 1. The van der Waals surface area contributed by atoms with Gasteiger partial charge in [0.25, 0.3) is 6.47 Å². The van der Waals surface area contributed by atoms with Crippen LogP contribution in [-0.4, -0.2) is 67.7 Å². The number of nitrogens with zero attached hydrogens (tertiary/aromatic N) is 2. The Hall–Kier alpha value is -0.920. The quantitative estimate of drug-likeness (QED) is 0.560. The SMILES string of the molecule is C=CCS(=O)(=O)N1CCN(C2CC2)CC1.CC(C)(C)OC=O. The molecule has 1 aliphatic heterocycles. The van der Waals surface area contributed by atoms with Gasteiger partial charge in [-0.2, -0.15) is 4.31 Å². The number of hydrogen-bond acceptors (Lipinski definition) is 5. The Morgan fingerprint density at radius 3 is 2.05 bits per heavy atom. The molecular weight excluding hydrogens is 304 g/mol. The zero-order valence-electron chi connectivity index (χ0n) is 13.8. The van der Waals surface area contributed by atoms with E-state index in [2.05, 4.69) is 16.2 Å². The topological polar surface area (TPSA) is 66.9 Å². The second-order valence-corrected chi connectivity index (χ2v) is 8.57. The van der Waals surface area contributed by atoms with Crippen molar-refractivity contribution in [3.63, 3.8) is 0 Å². The third-order valence-electron chi connectivity index (χ3n) is 3.46. The van der Waals surface area contributed by atoms with Crippen LogP contribution in [-0.2, 0) is 19.6 Å². The summed E-state index contributed by atoms with van der Waals surface area (Å²) in [6, 6.07) is 0.745. The molecule has 22 heavy (non-hydrogen) atoms. The Morgan fingerprint density at radius 1 is 1.18 bits per heavy atom. The second-order valence-electron chi connectivity index (χ2n) is 6.56. The van der Waals surface area contributed by atoms with Crippen molar-refractivity contribution >= 4 is 16.5 Å². The lowest BCUT2D eigenvalue weighted by Gasteiger charge is -2.33. The molecule has 0 bridgehead atoms. The zero-order valence-corrected chi connectivity index (χ0v) is 14.6. The van der Waals surface area contributed by atoms with E-state index in [1.54, 1.807) is 4.31 Å². The third kappa shape index (κ3) is 6.89. The molecular formula is C15H28N2O4S. The summed E-state index contributed by atoms with van der Waals surface area (Å²) in [5.41, 5.74) is -0.318. The van der Waals surface area contributed by atoms with Crippen molar-refractivity contribution in [3.05, 3.63) is 12.7 Å². The van der Waals surface area contributed by atoms with Gasteiger partial charge >= 0.3 is 0 Å². The maximum Gasteiger partial charge on any atom is 0.293 e. The van der Waals surface area contributed by atoms with Crippen molar-refractivity contribution in [1.29, 1.82) is 0 Å². The molecule has 2 aliphatic rings. The largest absolute Gasteiger partial charge is 0.462 e. The van der Waals surface area contributed by atoms with Crippen molar-refractivity contribution in [2.24, 2.45) is 0 Å². The number of piperazine rings is 1. The van der Waals surface area contributed by atoms with E-state index >= 15 is 0 Å². The molecule has 0 radical (unpaired) electrons. The van der Waals surface area contributed by atoms with E-state index in [4.69, 9.17) is 0 Å². The van der Waals surface area contributed by atoms with Crippen LogP contribution in [0, 0.1) is 0 Å². The molecule has 7 heteroatoms. The highest BCUT2D eigenvalue weighted by Crippen LogP contribution is 2.27. The zero-order chi connectivity index (χ0) is 16.8. The van der Waals surface area contributed by atoms with Gasteiger partial charge in [0.15, 0.2) is 0 Å². The number of rotatable bonds is 5. The Bertz CT molecular complexity index is 458. The van der Waals surface area contributed by atoms with Gasteiger partial charge in [-0.25, -0.2) is 8.42 Å². The molecule has 128 valence electrons. The first-order chi connectivity index (χ1) is 10.2. The van der Waals surface area contributed by atoms with E-state index in [1.807, 2.05) is 20.8 Å². The van der Waals surface area contributed by atoms with Crippen molar-refractivity contribution in [3.8, 4) is 0 Å². The molecule has 0 spiro atoms. The van der Waals surface area contributed by atoms with Crippen molar-refractivity contribution in [1.82, 2.24) is 9.21 Å². The standard InChI is InChI=1S/C10H18N2O2S.C5H10O2/c1-2-9-15(13,14)12-7-5-11(6-8-12)10-3-4-10;1-5(2,3)7-4-6/h2,10H,1,3-9H2;4H,1-3H3. The summed E-state index contributed by atoms with van der Waals surface area (Å²) >= 11 is 0. The fraction of sp³-hybridized carbons (Fsp3) is 0.800. The molecule has 1 heterocycles. The lowest BCUT2D eigenvalue weighted by Crippen LogP contribution is -2.49. The van der Waals surface area contributed by atoms with Gasteiger partial charge in [-0.15, -0.1) is 6.58 Å². The van der Waals surface area contributed by atoms with Gasteiger partial charge in [-0.05, 0) is 33.6 Å². The highest BCUT2D eigenvalue weighted by Gasteiger charge is 2.33. The Morgan fingerprint density at radius 2 is 1.73 bits per heavy atom. The van der Waals surface area contributed by atoms with Gasteiger partial charge in [0.2, 0.25) is 10.0 Å². The van der Waals surface area contributed by atoms with Crippen molar-refractivity contribution in [2.75, 3.05) is 31.9 Å². The van der Waals surface area contributed by atoms with Crippen LogP contribution in [0.25, 0.3) is 0 Å². The maximum absolute atomic E-state index is 11.7. The number of carbonyl (C=O) groups is 1. The first-order valence-corrected chi connectivity index (χ1v) is 9.25. The van der Waals surface area contributed by atoms with Crippen molar-refractivity contribution in [2.45, 2.75) is 45.3 Å². The van der Waals surface area contributed by atoms with E-state index in [-0.39, 0.29) is 11.4 Å². The Kier molecular flexibility index (Phi) is 7.02. The minimum absolute atomic E-state index is 0.0659. The summed E-state index contributed by atoms with van der Waals surface area (Å²) in [6.07, 6.45) is 4.04. The summed E-state index contributed by atoms with van der Waals surface area (Å²) in [5.74, 6) is 0.0659. The van der Waals surface area contributed by atoms with E-state index in [0.29, 0.717) is 19.6 Å². The lowest BCUT2D eigenvalue weighted by atomic mass is 10.2. The fourth-order valence-electron chi connectivity index (χ4n) is 2.19. The molecule has 1 saturated carbocycles. The van der Waals surface area contributed by atoms with E-state index in [1.165, 1.54) is 18.9 Å². The van der Waals surface area contributed by atoms with Crippen LogP contribution in [0.2, 0.25) is 0 Å². The van der Waals surface area contributed by atoms with Crippen LogP contribution in [0.5, 0.6) is 0 Å². The van der Waals surface area contributed by atoms with Crippen molar-refractivity contribution < 1.29 is 17.9 Å². The highest BCUT2D eigenvalue weighted by molar-refractivity contribution is 7.89. The van der Waals surface area contributed by atoms with Crippen LogP contribution >= 0.6 is 0 Å². The summed E-state index contributed by atoms with van der Waals surface area (Å²) in [5, 5.41) is 0. The molecule has 1 saturated heterocycles. The predicted octanol–water partition coefficient (Wildman–Crippen LogP) is 1.24. The normalized spacial score (nSPS) is 20.7. The summed E-state index contributed by atoms with van der Waals surface area (Å²) in [7, 11) is -3.07. The monoisotopic (exact) mass is 332 g/mol. The van der Waals surface area contributed by atoms with Gasteiger partial charge in [-0.3, -0.25) is 9.69 Å². The molecule has 0 aromatic carbocycles. The molecule has 6 nitrogen and oxygen atoms in total. The van der Waals surface area contributed by atoms with Gasteiger partial charge in [0.1, 0.15) is 5.60 Å². The van der Waals surface area contributed by atoms with Crippen LogP contribution in [0.4, 0.5) is 0 Å². The molecule has 2 rings (SSSR count). The molecule has 1 aliphatic carbocycles. The fourth-order valence-corrected chi connectivity index (χ4v) is 3.41. The second kappa shape index (κ2) is 8.08. The molecule has 0 atom stereocenters. The summed E-state index contributed by atoms with van der Waals surface area (Å²) in [6.45, 7) is 12.5. The van der Waals surface area contributed by atoms with E-state index < -0.39 is 10.0 Å². The van der Waals surface area contributed by atoms with E-state index in [9.17, 15) is 13.2 Å². The molecule has 0 aromatic rings. The number of hydrogen-bond donors (Lipinski definition) is 0. The molecule has 0 unspecified atom stereocenters. The number of ether oxygens (including phenoxy) is 1. The molecule has 2 fully saturated rings. The van der Waals surface area contributed by atoms with Gasteiger partial charge in [0, 0.05) is 32.2 Å². The first kappa shape index (κ1) is 19.1. The van der Waals surface area contributed by atoms with Crippen LogP contribution in [0.3, 0.4) is 0 Å². The highest BCUT2D eigenvalue weighted by atomic mass is 32.2. The van der Waals surface area contributed by atoms with Gasteiger partial charge < -0.3 is 4.74 Å². The predicted molar refractivity (Wildman–Crippen MR) is 87.1 cm³/mol. The molecule has 0 amide bonds. The summed E-state index contributed by atoms with van der Waals surface area (Å²) in [4.78, 5) is 12.0. The average Bonchev–Trinajstić information content (AvgIpc) is 3.22. The number of sulfonamides is 1. The third-order valence-corrected chi connectivity index (χ3v) is 5.27.